The highest BCUT2D eigenvalue weighted by molar-refractivity contribution is 9.10. The average Bonchev–Trinajstić information content (AvgIpc) is 3.32. The van der Waals surface area contributed by atoms with Crippen molar-refractivity contribution in [1.29, 1.82) is 0 Å². The van der Waals surface area contributed by atoms with Crippen LogP contribution in [0.3, 0.4) is 0 Å². The molecule has 0 bridgehead atoms. The Kier molecular flexibility index (Phi) is 6.18. The van der Waals surface area contributed by atoms with E-state index < -0.39 is 12.3 Å². The second-order valence-corrected chi connectivity index (χ2v) is 7.94. The first kappa shape index (κ1) is 22.5. The number of amides is 1. The summed E-state index contributed by atoms with van der Waals surface area (Å²) in [6, 6.07) is 10.4. The largest absolute Gasteiger partial charge is 0.573 e. The molecule has 0 aliphatic carbocycles. The summed E-state index contributed by atoms with van der Waals surface area (Å²) in [4.78, 5) is 23.6. The first-order valence-corrected chi connectivity index (χ1v) is 10.3. The lowest BCUT2D eigenvalue weighted by molar-refractivity contribution is -0.274. The van der Waals surface area contributed by atoms with Crippen LogP contribution in [0.4, 0.5) is 18.9 Å². The zero-order valence-electron chi connectivity index (χ0n) is 16.7. The minimum atomic E-state index is -4.78. The zero-order chi connectivity index (χ0) is 23.6. The van der Waals surface area contributed by atoms with E-state index in [9.17, 15) is 22.8 Å². The molecule has 2 aromatic heterocycles. The Hall–Kier alpha value is -3.67. The number of aromatic nitrogens is 4. The topological polar surface area (TPSA) is 91.0 Å². The van der Waals surface area contributed by atoms with E-state index >= 15 is 0 Å². The van der Waals surface area contributed by atoms with Crippen molar-refractivity contribution in [3.8, 4) is 5.75 Å². The van der Waals surface area contributed by atoms with Gasteiger partial charge in [0.25, 0.3) is 0 Å². The smallest absolute Gasteiger partial charge is 0.406 e. The molecule has 8 nitrogen and oxygen atoms in total. The van der Waals surface area contributed by atoms with Crippen LogP contribution in [0.2, 0.25) is 0 Å². The fourth-order valence-electron chi connectivity index (χ4n) is 3.27. The van der Waals surface area contributed by atoms with Gasteiger partial charge in [0.1, 0.15) is 18.0 Å². The van der Waals surface area contributed by atoms with Crippen LogP contribution in [0.1, 0.15) is 16.1 Å². The molecule has 0 unspecified atom stereocenters. The normalized spacial score (nSPS) is 11.5. The maximum Gasteiger partial charge on any atom is 0.573 e. The van der Waals surface area contributed by atoms with E-state index in [1.807, 2.05) is 22.8 Å². The number of aldehydes is 1. The van der Waals surface area contributed by atoms with Crippen LogP contribution in [0, 0.1) is 0 Å². The van der Waals surface area contributed by atoms with Gasteiger partial charge in [0.2, 0.25) is 5.91 Å². The summed E-state index contributed by atoms with van der Waals surface area (Å²) >= 11 is 3.40. The van der Waals surface area contributed by atoms with Gasteiger partial charge >= 0.3 is 6.36 Å². The van der Waals surface area contributed by atoms with Gasteiger partial charge < -0.3 is 14.6 Å². The third-order valence-corrected chi connectivity index (χ3v) is 5.09. The van der Waals surface area contributed by atoms with Gasteiger partial charge in [-0.25, -0.2) is 4.68 Å². The Balaban J connectivity index is 1.39. The number of hydrogen-bond acceptors (Lipinski definition) is 5. The quantitative estimate of drug-likeness (QED) is 0.364. The summed E-state index contributed by atoms with van der Waals surface area (Å²) < 4.78 is 44.5. The summed E-state index contributed by atoms with van der Waals surface area (Å²) in [5.74, 6) is -0.820. The summed E-state index contributed by atoms with van der Waals surface area (Å²) in [5.41, 5.74) is 2.28. The van der Waals surface area contributed by atoms with E-state index in [0.717, 1.165) is 33.8 Å². The molecule has 0 fully saturated rings. The van der Waals surface area contributed by atoms with E-state index in [4.69, 9.17) is 0 Å². The van der Waals surface area contributed by atoms with Crippen molar-refractivity contribution in [2.75, 3.05) is 5.32 Å². The molecule has 0 aliphatic rings. The van der Waals surface area contributed by atoms with Gasteiger partial charge in [-0.3, -0.25) is 9.59 Å². The van der Waals surface area contributed by atoms with E-state index in [1.54, 1.807) is 12.4 Å². The summed E-state index contributed by atoms with van der Waals surface area (Å²) in [6.07, 6.45) is -0.671. The van der Waals surface area contributed by atoms with Crippen LogP contribution in [0.25, 0.3) is 10.9 Å². The van der Waals surface area contributed by atoms with E-state index in [2.05, 4.69) is 36.3 Å². The highest BCUT2D eigenvalue weighted by Gasteiger charge is 2.31. The number of benzene rings is 2. The van der Waals surface area contributed by atoms with Gasteiger partial charge in [0.15, 0.2) is 6.29 Å². The average molecular weight is 522 g/mol. The molecule has 0 spiro atoms. The number of anilines is 1. The number of carbonyl (C=O) groups excluding carboxylic acids is 2. The SMILES string of the molecule is O=Cc1cn(Cc2cn(CC(=O)Nc3ccc(OC(F)(F)F)cc3)nn2)c2ccc(Br)cc12. The van der Waals surface area contributed by atoms with Crippen LogP contribution < -0.4 is 10.1 Å². The molecule has 4 aromatic rings. The molecular weight excluding hydrogens is 507 g/mol. The Labute approximate surface area is 193 Å². The van der Waals surface area contributed by atoms with Crippen molar-refractivity contribution in [2.24, 2.45) is 0 Å². The van der Waals surface area contributed by atoms with Gasteiger partial charge in [-0.1, -0.05) is 21.1 Å². The van der Waals surface area contributed by atoms with Gasteiger partial charge in [-0.15, -0.1) is 18.3 Å². The number of ether oxygens (including phenoxy) is 1. The summed E-state index contributed by atoms with van der Waals surface area (Å²) in [5, 5.41) is 11.4. The van der Waals surface area contributed by atoms with E-state index in [0.29, 0.717) is 23.5 Å². The minimum Gasteiger partial charge on any atom is -0.406 e. The van der Waals surface area contributed by atoms with E-state index in [1.165, 1.54) is 16.8 Å². The Morgan fingerprint density at radius 2 is 1.91 bits per heavy atom. The number of alkyl halides is 3. The van der Waals surface area contributed by atoms with Gasteiger partial charge in [-0.05, 0) is 42.5 Å². The number of fused-ring (bicyclic) bond motifs is 1. The molecule has 0 radical (unpaired) electrons. The second-order valence-electron chi connectivity index (χ2n) is 7.02. The number of nitrogens with one attached hydrogen (secondary N) is 1. The number of carbonyl (C=O) groups is 2. The molecule has 1 amide bonds. The fraction of sp³-hybridized carbons (Fsp3) is 0.143. The molecule has 4 rings (SSSR count). The number of rotatable bonds is 7. The van der Waals surface area contributed by atoms with Crippen molar-refractivity contribution in [1.82, 2.24) is 19.6 Å². The fourth-order valence-corrected chi connectivity index (χ4v) is 3.63. The molecular formula is C21H15BrF3N5O3. The minimum absolute atomic E-state index is 0.146. The monoisotopic (exact) mass is 521 g/mol. The second kappa shape index (κ2) is 9.06. The van der Waals surface area contributed by atoms with Crippen molar-refractivity contribution >= 4 is 44.7 Å². The van der Waals surface area contributed by atoms with Crippen LogP contribution in [0.15, 0.2) is 59.3 Å². The van der Waals surface area contributed by atoms with Gasteiger partial charge in [0, 0.05) is 32.8 Å². The third-order valence-electron chi connectivity index (χ3n) is 4.60. The zero-order valence-corrected chi connectivity index (χ0v) is 18.3. The highest BCUT2D eigenvalue weighted by Crippen LogP contribution is 2.25. The van der Waals surface area contributed by atoms with Crippen molar-refractivity contribution in [3.63, 3.8) is 0 Å². The first-order chi connectivity index (χ1) is 15.7. The van der Waals surface area contributed by atoms with Crippen LogP contribution in [-0.4, -0.2) is 38.1 Å². The Bertz CT molecular complexity index is 1320. The van der Waals surface area contributed by atoms with Crippen molar-refractivity contribution < 1.29 is 27.5 Å². The lowest BCUT2D eigenvalue weighted by Crippen LogP contribution is -2.19. The van der Waals surface area contributed by atoms with Gasteiger partial charge in [-0.2, -0.15) is 0 Å². The molecule has 33 heavy (non-hydrogen) atoms. The highest BCUT2D eigenvalue weighted by atomic mass is 79.9. The third kappa shape index (κ3) is 5.58. The van der Waals surface area contributed by atoms with Gasteiger partial charge in [0.05, 0.1) is 12.7 Å². The number of nitrogens with zero attached hydrogens (tertiary/aromatic N) is 4. The molecule has 0 saturated heterocycles. The van der Waals surface area contributed by atoms with Crippen LogP contribution in [0.5, 0.6) is 5.75 Å². The summed E-state index contributed by atoms with van der Waals surface area (Å²) in [6.45, 7) is 0.195. The van der Waals surface area contributed by atoms with Crippen molar-refractivity contribution in [3.05, 3.63) is 70.6 Å². The van der Waals surface area contributed by atoms with E-state index in [-0.39, 0.29) is 12.3 Å². The number of hydrogen-bond donors (Lipinski definition) is 1. The maximum atomic E-state index is 12.3. The Morgan fingerprint density at radius 1 is 1.15 bits per heavy atom. The standard InChI is InChI=1S/C21H15BrF3N5O3/c22-14-1-6-19-18(7-14)13(12-31)8-29(19)9-16-10-30(28-27-16)11-20(32)26-15-2-4-17(5-3-15)33-21(23,24)25/h1-8,10,12H,9,11H2,(H,26,32). The molecule has 170 valence electrons. The number of halogens is 4. The predicted octanol–water partition coefficient (Wildman–Crippen LogP) is 4.39. The summed E-state index contributed by atoms with van der Waals surface area (Å²) in [7, 11) is 0. The lowest BCUT2D eigenvalue weighted by Gasteiger charge is -2.10. The molecule has 0 atom stereocenters. The molecule has 1 N–H and O–H groups in total. The molecule has 2 aromatic carbocycles. The molecule has 12 heteroatoms. The first-order valence-electron chi connectivity index (χ1n) is 9.48. The molecule has 0 saturated carbocycles. The lowest BCUT2D eigenvalue weighted by atomic mass is 10.2. The van der Waals surface area contributed by atoms with Crippen LogP contribution >= 0.6 is 15.9 Å². The van der Waals surface area contributed by atoms with Crippen molar-refractivity contribution in [2.45, 2.75) is 19.5 Å². The molecule has 0 aliphatic heterocycles. The van der Waals surface area contributed by atoms with Crippen LogP contribution in [-0.2, 0) is 17.9 Å². The maximum absolute atomic E-state index is 12.3. The predicted molar refractivity (Wildman–Crippen MR) is 116 cm³/mol. The Morgan fingerprint density at radius 3 is 2.61 bits per heavy atom. The molecule has 2 heterocycles.